The lowest BCUT2D eigenvalue weighted by Gasteiger charge is -2.36. The van der Waals surface area contributed by atoms with Gasteiger partial charge in [-0.25, -0.2) is 4.79 Å². The summed E-state index contributed by atoms with van der Waals surface area (Å²) in [5.41, 5.74) is 3.83. The summed E-state index contributed by atoms with van der Waals surface area (Å²) in [6.45, 7) is 6.74. The predicted molar refractivity (Wildman–Crippen MR) is 102 cm³/mol. The highest BCUT2D eigenvalue weighted by Crippen LogP contribution is 2.19. The van der Waals surface area contributed by atoms with Crippen molar-refractivity contribution >= 4 is 17.7 Å². The van der Waals surface area contributed by atoms with Crippen molar-refractivity contribution in [3.05, 3.63) is 71.3 Å². The largest absolute Gasteiger partial charge is 0.478 e. The Morgan fingerprint density at radius 1 is 1.00 bits per heavy atom. The normalized spacial score (nSPS) is 16.0. The van der Waals surface area contributed by atoms with Gasteiger partial charge in [-0.05, 0) is 36.3 Å². The molecule has 2 aromatic rings. The second kappa shape index (κ2) is 7.99. The third-order valence-corrected chi connectivity index (χ3v) is 4.60. The topological polar surface area (TPSA) is 43.8 Å². The Morgan fingerprint density at radius 3 is 2.24 bits per heavy atom. The molecule has 0 atom stereocenters. The van der Waals surface area contributed by atoms with Crippen LogP contribution in [0.5, 0.6) is 0 Å². The van der Waals surface area contributed by atoms with Crippen molar-refractivity contribution < 1.29 is 9.90 Å². The first-order chi connectivity index (χ1) is 12.1. The average molecular weight is 336 g/mol. The third-order valence-electron chi connectivity index (χ3n) is 4.60. The molecule has 0 radical (unpaired) electrons. The van der Waals surface area contributed by atoms with Gasteiger partial charge in [-0.2, -0.15) is 0 Å². The van der Waals surface area contributed by atoms with Crippen molar-refractivity contribution in [2.45, 2.75) is 13.5 Å². The fraction of sp³-hybridized carbons (Fsp3) is 0.286. The summed E-state index contributed by atoms with van der Waals surface area (Å²) in [5, 5.41) is 8.95. The molecule has 0 bridgehead atoms. The number of nitrogens with zero attached hydrogens (tertiary/aromatic N) is 2. The molecule has 1 heterocycles. The monoisotopic (exact) mass is 336 g/mol. The lowest BCUT2D eigenvalue weighted by molar-refractivity contribution is -0.132. The smallest absolute Gasteiger partial charge is 0.331 e. The molecule has 1 aliphatic heterocycles. The molecule has 4 heteroatoms. The van der Waals surface area contributed by atoms with Crippen molar-refractivity contribution in [1.29, 1.82) is 0 Å². The highest BCUT2D eigenvalue weighted by atomic mass is 16.4. The number of carboxylic acid groups (broad SMARTS) is 1. The van der Waals surface area contributed by atoms with Gasteiger partial charge in [0.2, 0.25) is 0 Å². The fourth-order valence-corrected chi connectivity index (χ4v) is 3.10. The first kappa shape index (κ1) is 17.2. The molecule has 0 saturated carbocycles. The number of anilines is 1. The van der Waals surface area contributed by atoms with E-state index in [-0.39, 0.29) is 0 Å². The predicted octanol–water partition coefficient (Wildman–Crippen LogP) is 3.50. The molecule has 0 aromatic heterocycles. The molecular formula is C21H24N2O2. The van der Waals surface area contributed by atoms with Gasteiger partial charge in [0.1, 0.15) is 0 Å². The number of hydrogen-bond acceptors (Lipinski definition) is 3. The van der Waals surface area contributed by atoms with Gasteiger partial charge in [0.15, 0.2) is 0 Å². The minimum absolute atomic E-state index is 0.349. The Hall–Kier alpha value is -2.59. The summed E-state index contributed by atoms with van der Waals surface area (Å²) >= 11 is 0. The Kier molecular flexibility index (Phi) is 5.51. The molecule has 0 amide bonds. The lowest BCUT2D eigenvalue weighted by atomic mass is 10.1. The van der Waals surface area contributed by atoms with E-state index in [2.05, 4.69) is 52.3 Å². The zero-order chi connectivity index (χ0) is 17.6. The van der Waals surface area contributed by atoms with Crippen molar-refractivity contribution in [2.24, 2.45) is 0 Å². The Labute approximate surface area is 149 Å². The van der Waals surface area contributed by atoms with E-state index >= 15 is 0 Å². The number of carboxylic acids is 1. The minimum atomic E-state index is -0.876. The molecule has 1 N–H and O–H groups in total. The Balaban J connectivity index is 1.56. The van der Waals surface area contributed by atoms with E-state index in [0.29, 0.717) is 5.57 Å². The van der Waals surface area contributed by atoms with Crippen LogP contribution >= 0.6 is 0 Å². The fourth-order valence-electron chi connectivity index (χ4n) is 3.10. The van der Waals surface area contributed by atoms with Gasteiger partial charge in [-0.3, -0.25) is 4.90 Å². The van der Waals surface area contributed by atoms with Crippen LogP contribution in [0.3, 0.4) is 0 Å². The van der Waals surface area contributed by atoms with Gasteiger partial charge in [0.05, 0.1) is 0 Å². The first-order valence-electron chi connectivity index (χ1n) is 8.65. The maximum atomic E-state index is 10.9. The van der Waals surface area contributed by atoms with Crippen LogP contribution in [0.1, 0.15) is 18.1 Å². The van der Waals surface area contributed by atoms with Gasteiger partial charge in [0, 0.05) is 44.0 Å². The summed E-state index contributed by atoms with van der Waals surface area (Å²) in [7, 11) is 0. The van der Waals surface area contributed by atoms with E-state index in [1.54, 1.807) is 13.0 Å². The van der Waals surface area contributed by atoms with E-state index in [1.807, 2.05) is 12.1 Å². The van der Waals surface area contributed by atoms with Crippen LogP contribution in [0.2, 0.25) is 0 Å². The third kappa shape index (κ3) is 4.70. The lowest BCUT2D eigenvalue weighted by Crippen LogP contribution is -2.45. The summed E-state index contributed by atoms with van der Waals surface area (Å²) in [5.74, 6) is -0.876. The number of piperazine rings is 1. The van der Waals surface area contributed by atoms with Gasteiger partial charge in [-0.15, -0.1) is 0 Å². The number of hydrogen-bond donors (Lipinski definition) is 1. The molecule has 2 aromatic carbocycles. The number of benzene rings is 2. The minimum Gasteiger partial charge on any atom is -0.478 e. The average Bonchev–Trinajstić information content (AvgIpc) is 2.64. The van der Waals surface area contributed by atoms with Gasteiger partial charge in [0.25, 0.3) is 0 Å². The van der Waals surface area contributed by atoms with E-state index < -0.39 is 5.97 Å². The van der Waals surface area contributed by atoms with E-state index in [9.17, 15) is 4.79 Å². The van der Waals surface area contributed by atoms with Crippen LogP contribution in [0.4, 0.5) is 5.69 Å². The summed E-state index contributed by atoms with van der Waals surface area (Å²) < 4.78 is 0. The molecule has 25 heavy (non-hydrogen) atoms. The van der Waals surface area contributed by atoms with Crippen molar-refractivity contribution in [3.63, 3.8) is 0 Å². The SMILES string of the molecule is C/C(=C\c1ccc(N2CCN(Cc3ccccc3)CC2)cc1)C(=O)O. The molecule has 0 aliphatic carbocycles. The zero-order valence-corrected chi connectivity index (χ0v) is 14.6. The summed E-state index contributed by atoms with van der Waals surface area (Å²) in [6.07, 6.45) is 1.70. The van der Waals surface area contributed by atoms with E-state index in [0.717, 1.165) is 38.3 Å². The molecule has 4 nitrogen and oxygen atoms in total. The van der Waals surface area contributed by atoms with Crippen LogP contribution in [-0.2, 0) is 11.3 Å². The molecule has 3 rings (SSSR count). The molecule has 1 aliphatic rings. The Bertz CT molecular complexity index is 730. The van der Waals surface area contributed by atoms with Crippen LogP contribution in [0.25, 0.3) is 6.08 Å². The molecule has 0 unspecified atom stereocenters. The molecule has 1 fully saturated rings. The summed E-state index contributed by atoms with van der Waals surface area (Å²) in [4.78, 5) is 15.8. The molecule has 0 spiro atoms. The second-order valence-electron chi connectivity index (χ2n) is 6.47. The van der Waals surface area contributed by atoms with Crippen molar-refractivity contribution in [1.82, 2.24) is 4.90 Å². The molecule has 130 valence electrons. The van der Waals surface area contributed by atoms with Gasteiger partial charge >= 0.3 is 5.97 Å². The Morgan fingerprint density at radius 2 is 1.64 bits per heavy atom. The van der Waals surface area contributed by atoms with Crippen molar-refractivity contribution in [3.8, 4) is 0 Å². The maximum Gasteiger partial charge on any atom is 0.331 e. The van der Waals surface area contributed by atoms with Crippen molar-refractivity contribution in [2.75, 3.05) is 31.1 Å². The maximum absolute atomic E-state index is 10.9. The highest BCUT2D eigenvalue weighted by molar-refractivity contribution is 5.91. The summed E-state index contributed by atoms with van der Waals surface area (Å²) in [6, 6.07) is 18.7. The molecular weight excluding hydrogens is 312 g/mol. The number of rotatable bonds is 5. The van der Waals surface area contributed by atoms with E-state index in [1.165, 1.54) is 11.3 Å². The second-order valence-corrected chi connectivity index (χ2v) is 6.47. The highest BCUT2D eigenvalue weighted by Gasteiger charge is 2.17. The van der Waals surface area contributed by atoms with Gasteiger partial charge in [-0.1, -0.05) is 42.5 Å². The number of carbonyl (C=O) groups is 1. The van der Waals surface area contributed by atoms with Gasteiger partial charge < -0.3 is 10.0 Å². The standard InChI is InChI=1S/C21H24N2O2/c1-17(21(24)25)15-18-7-9-20(10-8-18)23-13-11-22(12-14-23)16-19-5-3-2-4-6-19/h2-10,15H,11-14,16H2,1H3,(H,24,25)/b17-15+. The first-order valence-corrected chi connectivity index (χ1v) is 8.65. The van der Waals surface area contributed by atoms with Crippen LogP contribution in [0, 0.1) is 0 Å². The van der Waals surface area contributed by atoms with E-state index in [4.69, 9.17) is 5.11 Å². The zero-order valence-electron chi connectivity index (χ0n) is 14.6. The number of aliphatic carboxylic acids is 1. The quantitative estimate of drug-likeness (QED) is 0.849. The van der Waals surface area contributed by atoms with Crippen LogP contribution in [0.15, 0.2) is 60.2 Å². The van der Waals surface area contributed by atoms with Crippen LogP contribution < -0.4 is 4.90 Å². The van der Waals surface area contributed by atoms with Crippen LogP contribution in [-0.4, -0.2) is 42.2 Å². The molecule has 1 saturated heterocycles.